The van der Waals surface area contributed by atoms with Crippen LogP contribution in [0.2, 0.25) is 0 Å². The Hall–Kier alpha value is -2.30. The van der Waals surface area contributed by atoms with Crippen LogP contribution in [0, 0.1) is 20.8 Å². The summed E-state index contributed by atoms with van der Waals surface area (Å²) >= 11 is 0. The van der Waals surface area contributed by atoms with Crippen LogP contribution in [0.15, 0.2) is 23.0 Å². The molecule has 0 atom stereocenters. The van der Waals surface area contributed by atoms with Crippen LogP contribution in [0.25, 0.3) is 0 Å². The highest BCUT2D eigenvalue weighted by Crippen LogP contribution is 2.27. The predicted octanol–water partition coefficient (Wildman–Crippen LogP) is 3.25. The molecule has 0 spiro atoms. The number of para-hydroxylation sites is 1. The smallest absolute Gasteiger partial charge is 0.325 e. The van der Waals surface area contributed by atoms with Crippen molar-refractivity contribution >= 4 is 11.6 Å². The molecule has 0 aliphatic heterocycles. The molecular weight excluding hydrogens is 290 g/mol. The minimum atomic E-state index is -0.161. The van der Waals surface area contributed by atoms with Crippen molar-refractivity contribution in [2.75, 3.05) is 5.32 Å². The van der Waals surface area contributed by atoms with Gasteiger partial charge in [-0.3, -0.25) is 9.36 Å². The number of nitrogens with one attached hydrogen (secondary N) is 2. The zero-order valence-electron chi connectivity index (χ0n) is 14.5. The number of aryl methyl sites for hydroxylation is 2. The third kappa shape index (κ3) is 3.73. The van der Waals surface area contributed by atoms with Crippen LogP contribution < -0.4 is 11.0 Å². The molecule has 0 aliphatic carbocycles. The van der Waals surface area contributed by atoms with E-state index in [0.29, 0.717) is 12.5 Å². The summed E-state index contributed by atoms with van der Waals surface area (Å²) in [4.78, 5) is 26.9. The van der Waals surface area contributed by atoms with Crippen molar-refractivity contribution in [3.8, 4) is 0 Å². The second kappa shape index (κ2) is 6.86. The lowest BCUT2D eigenvalue weighted by molar-refractivity contribution is -0.116. The molecule has 2 N–H and O–H groups in total. The lowest BCUT2D eigenvalue weighted by Crippen LogP contribution is -2.22. The van der Waals surface area contributed by atoms with Crippen molar-refractivity contribution in [1.29, 1.82) is 0 Å². The average Bonchev–Trinajstić information content (AvgIpc) is 2.72. The van der Waals surface area contributed by atoms with Crippen molar-refractivity contribution < 1.29 is 4.79 Å². The largest absolute Gasteiger partial charge is 0.326 e. The Morgan fingerprint density at radius 3 is 2.52 bits per heavy atom. The fourth-order valence-electron chi connectivity index (χ4n) is 2.70. The van der Waals surface area contributed by atoms with Gasteiger partial charge in [0.25, 0.3) is 0 Å². The van der Waals surface area contributed by atoms with Crippen molar-refractivity contribution in [3.63, 3.8) is 0 Å². The third-order valence-corrected chi connectivity index (χ3v) is 4.24. The van der Waals surface area contributed by atoms with Crippen molar-refractivity contribution in [3.05, 3.63) is 51.2 Å². The zero-order chi connectivity index (χ0) is 17.1. The molecule has 0 aliphatic rings. The van der Waals surface area contributed by atoms with Crippen LogP contribution in [-0.2, 0) is 11.3 Å². The summed E-state index contributed by atoms with van der Waals surface area (Å²) in [6.45, 7) is 10.3. The molecule has 2 aromatic rings. The minimum absolute atomic E-state index is 0.0775. The maximum absolute atomic E-state index is 12.3. The van der Waals surface area contributed by atoms with Crippen LogP contribution in [0.3, 0.4) is 0 Å². The first-order chi connectivity index (χ1) is 10.8. The van der Waals surface area contributed by atoms with Crippen molar-refractivity contribution in [2.24, 2.45) is 0 Å². The van der Waals surface area contributed by atoms with Gasteiger partial charge in [0.1, 0.15) is 0 Å². The molecule has 0 bridgehead atoms. The van der Waals surface area contributed by atoms with E-state index in [-0.39, 0.29) is 18.0 Å². The number of aromatic nitrogens is 2. The van der Waals surface area contributed by atoms with Gasteiger partial charge in [-0.1, -0.05) is 32.0 Å². The second-order valence-electron chi connectivity index (χ2n) is 6.28. The van der Waals surface area contributed by atoms with E-state index >= 15 is 0 Å². The molecule has 1 amide bonds. The molecule has 124 valence electrons. The quantitative estimate of drug-likeness (QED) is 0.889. The van der Waals surface area contributed by atoms with E-state index in [1.54, 1.807) is 4.57 Å². The summed E-state index contributed by atoms with van der Waals surface area (Å²) in [6.07, 6.45) is 0.268. The van der Waals surface area contributed by atoms with E-state index in [0.717, 1.165) is 28.2 Å². The number of carbonyl (C=O) groups excluding carboxylic acids is 1. The number of nitrogens with zero attached hydrogens (tertiary/aromatic N) is 1. The van der Waals surface area contributed by atoms with Crippen molar-refractivity contribution in [2.45, 2.75) is 53.5 Å². The Bertz CT molecular complexity index is 769. The van der Waals surface area contributed by atoms with E-state index in [9.17, 15) is 9.59 Å². The van der Waals surface area contributed by atoms with Gasteiger partial charge in [-0.15, -0.1) is 0 Å². The van der Waals surface area contributed by atoms with Crippen LogP contribution in [0.4, 0.5) is 5.69 Å². The fraction of sp³-hybridized carbons (Fsp3) is 0.444. The van der Waals surface area contributed by atoms with Crippen LogP contribution in [-0.4, -0.2) is 15.5 Å². The summed E-state index contributed by atoms with van der Waals surface area (Å²) in [5, 5.41) is 3.01. The first kappa shape index (κ1) is 17.1. The first-order valence-electron chi connectivity index (χ1n) is 7.96. The molecule has 0 saturated heterocycles. The molecule has 0 unspecified atom stereocenters. The monoisotopic (exact) mass is 315 g/mol. The van der Waals surface area contributed by atoms with Gasteiger partial charge in [0.15, 0.2) is 0 Å². The molecule has 23 heavy (non-hydrogen) atoms. The zero-order valence-corrected chi connectivity index (χ0v) is 14.5. The second-order valence-corrected chi connectivity index (χ2v) is 6.28. The SMILES string of the molecule is Cc1cccc(C(C)C)c1NC(=O)CCn1c(C)c(C)[nH]c1=O. The lowest BCUT2D eigenvalue weighted by Gasteiger charge is -2.16. The van der Waals surface area contributed by atoms with Gasteiger partial charge in [0.2, 0.25) is 5.91 Å². The van der Waals surface area contributed by atoms with Crippen molar-refractivity contribution in [1.82, 2.24) is 9.55 Å². The Labute approximate surface area is 136 Å². The van der Waals surface area contributed by atoms with E-state index in [1.807, 2.05) is 39.0 Å². The molecule has 1 aromatic heterocycles. The highest BCUT2D eigenvalue weighted by Gasteiger charge is 2.13. The molecule has 0 radical (unpaired) electrons. The normalized spacial score (nSPS) is 11.0. The number of imidazole rings is 1. The van der Waals surface area contributed by atoms with E-state index in [1.165, 1.54) is 0 Å². The van der Waals surface area contributed by atoms with E-state index in [4.69, 9.17) is 0 Å². The summed E-state index contributed by atoms with van der Waals surface area (Å²) in [5.41, 5.74) is 4.63. The van der Waals surface area contributed by atoms with Gasteiger partial charge >= 0.3 is 5.69 Å². The minimum Gasteiger partial charge on any atom is -0.326 e. The Kier molecular flexibility index (Phi) is 5.08. The molecular formula is C18H25N3O2. The van der Waals surface area contributed by atoms with E-state index in [2.05, 4.69) is 24.1 Å². The summed E-state index contributed by atoms with van der Waals surface area (Å²) in [5.74, 6) is 0.258. The standard InChI is InChI=1S/C18H25N3O2/c1-11(2)15-8-6-7-12(3)17(15)20-16(22)9-10-21-14(5)13(4)19-18(21)23/h6-8,11H,9-10H2,1-5H3,(H,19,23)(H,20,22). The molecule has 0 saturated carbocycles. The van der Waals surface area contributed by atoms with Crippen LogP contribution in [0.1, 0.15) is 48.7 Å². The molecule has 2 rings (SSSR count). The number of hydrogen-bond acceptors (Lipinski definition) is 2. The molecule has 0 fully saturated rings. The van der Waals surface area contributed by atoms with Gasteiger partial charge in [-0.25, -0.2) is 4.79 Å². The van der Waals surface area contributed by atoms with Gasteiger partial charge in [0, 0.05) is 30.0 Å². The van der Waals surface area contributed by atoms with Crippen LogP contribution >= 0.6 is 0 Å². The van der Waals surface area contributed by atoms with Crippen LogP contribution in [0.5, 0.6) is 0 Å². The highest BCUT2D eigenvalue weighted by atomic mass is 16.2. The fourth-order valence-corrected chi connectivity index (χ4v) is 2.70. The third-order valence-electron chi connectivity index (χ3n) is 4.24. The van der Waals surface area contributed by atoms with Gasteiger partial charge in [0.05, 0.1) is 0 Å². The van der Waals surface area contributed by atoms with E-state index < -0.39 is 0 Å². The Morgan fingerprint density at radius 1 is 1.26 bits per heavy atom. The molecule has 5 heteroatoms. The molecule has 1 aromatic carbocycles. The molecule has 1 heterocycles. The Morgan fingerprint density at radius 2 is 1.96 bits per heavy atom. The first-order valence-corrected chi connectivity index (χ1v) is 7.96. The maximum atomic E-state index is 12.3. The van der Waals surface area contributed by atoms with Gasteiger partial charge < -0.3 is 10.3 Å². The Balaban J connectivity index is 2.10. The number of benzene rings is 1. The number of anilines is 1. The van der Waals surface area contributed by atoms with Gasteiger partial charge in [-0.2, -0.15) is 0 Å². The number of carbonyl (C=O) groups is 1. The number of rotatable bonds is 5. The number of hydrogen-bond donors (Lipinski definition) is 2. The summed E-state index contributed by atoms with van der Waals surface area (Å²) in [6, 6.07) is 6.04. The summed E-state index contributed by atoms with van der Waals surface area (Å²) in [7, 11) is 0. The number of H-pyrrole nitrogens is 1. The average molecular weight is 315 g/mol. The predicted molar refractivity (Wildman–Crippen MR) is 93.0 cm³/mol. The lowest BCUT2D eigenvalue weighted by atomic mass is 9.98. The number of aromatic amines is 1. The summed E-state index contributed by atoms with van der Waals surface area (Å²) < 4.78 is 1.61. The van der Waals surface area contributed by atoms with Gasteiger partial charge in [-0.05, 0) is 37.8 Å². The highest BCUT2D eigenvalue weighted by molar-refractivity contribution is 5.92. The maximum Gasteiger partial charge on any atom is 0.325 e. The number of amides is 1. The molecule has 5 nitrogen and oxygen atoms in total. The topological polar surface area (TPSA) is 66.9 Å².